The van der Waals surface area contributed by atoms with E-state index in [9.17, 15) is 22.8 Å². The SMILES string of the molecule is Cc1ccc(C(=O)Nc2cccc(C(F)(F)F)c2)cc1[C@@H]1CCN(c2cncc(C(N)=O)c2)C1. The van der Waals surface area contributed by atoms with Gasteiger partial charge in [-0.15, -0.1) is 0 Å². The number of rotatable bonds is 5. The minimum absolute atomic E-state index is 0.0795. The predicted octanol–water partition coefficient (Wildman–Crippen LogP) is 4.75. The van der Waals surface area contributed by atoms with Crippen molar-refractivity contribution in [2.75, 3.05) is 23.3 Å². The highest BCUT2D eigenvalue weighted by Gasteiger charge is 2.30. The summed E-state index contributed by atoms with van der Waals surface area (Å²) in [5.74, 6) is -0.882. The van der Waals surface area contributed by atoms with Crippen molar-refractivity contribution in [1.82, 2.24) is 4.98 Å². The van der Waals surface area contributed by atoms with Crippen molar-refractivity contribution >= 4 is 23.2 Å². The summed E-state index contributed by atoms with van der Waals surface area (Å²) >= 11 is 0. The molecule has 1 saturated heterocycles. The second kappa shape index (κ2) is 9.17. The average Bonchev–Trinajstić information content (AvgIpc) is 3.29. The van der Waals surface area contributed by atoms with Gasteiger partial charge in [0.25, 0.3) is 5.91 Å². The van der Waals surface area contributed by atoms with Crippen molar-refractivity contribution < 1.29 is 22.8 Å². The van der Waals surface area contributed by atoms with Crippen LogP contribution >= 0.6 is 0 Å². The zero-order chi connectivity index (χ0) is 24.5. The molecule has 0 saturated carbocycles. The van der Waals surface area contributed by atoms with Crippen molar-refractivity contribution in [3.63, 3.8) is 0 Å². The molecule has 1 fully saturated rings. The van der Waals surface area contributed by atoms with Crippen LogP contribution in [0.5, 0.6) is 0 Å². The first-order valence-corrected chi connectivity index (χ1v) is 10.7. The Labute approximate surface area is 194 Å². The molecule has 0 radical (unpaired) electrons. The fourth-order valence-electron chi connectivity index (χ4n) is 4.18. The van der Waals surface area contributed by atoms with Crippen LogP contribution in [-0.2, 0) is 6.18 Å². The fraction of sp³-hybridized carbons (Fsp3) is 0.240. The lowest BCUT2D eigenvalue weighted by Gasteiger charge is -2.20. The maximum Gasteiger partial charge on any atom is 0.416 e. The summed E-state index contributed by atoms with van der Waals surface area (Å²) < 4.78 is 38.9. The van der Waals surface area contributed by atoms with Gasteiger partial charge >= 0.3 is 6.18 Å². The summed E-state index contributed by atoms with van der Waals surface area (Å²) in [5, 5.41) is 2.56. The summed E-state index contributed by atoms with van der Waals surface area (Å²) in [5.41, 5.74) is 8.14. The number of hydrogen-bond donors (Lipinski definition) is 2. The third kappa shape index (κ3) is 5.03. The molecule has 2 heterocycles. The molecule has 1 aromatic heterocycles. The molecule has 1 atom stereocenters. The number of anilines is 2. The van der Waals surface area contributed by atoms with Gasteiger partial charge in [-0.1, -0.05) is 12.1 Å². The van der Waals surface area contributed by atoms with Crippen LogP contribution in [0.15, 0.2) is 60.9 Å². The molecule has 0 aliphatic carbocycles. The number of nitrogens with two attached hydrogens (primary N) is 1. The van der Waals surface area contributed by atoms with Crippen LogP contribution in [-0.4, -0.2) is 29.9 Å². The molecular formula is C25H23F3N4O2. The van der Waals surface area contributed by atoms with Gasteiger partial charge in [0.05, 0.1) is 23.0 Å². The number of nitrogens with zero attached hydrogens (tertiary/aromatic N) is 2. The Morgan fingerprint density at radius 1 is 1.09 bits per heavy atom. The van der Waals surface area contributed by atoms with E-state index < -0.39 is 23.6 Å². The number of primary amides is 1. The first-order valence-electron chi connectivity index (χ1n) is 10.7. The third-order valence-corrected chi connectivity index (χ3v) is 5.99. The minimum Gasteiger partial charge on any atom is -0.370 e. The second-order valence-corrected chi connectivity index (χ2v) is 8.33. The smallest absolute Gasteiger partial charge is 0.370 e. The van der Waals surface area contributed by atoms with Crippen LogP contribution in [0.25, 0.3) is 0 Å². The number of alkyl halides is 3. The van der Waals surface area contributed by atoms with E-state index in [1.54, 1.807) is 24.4 Å². The number of halogens is 3. The Morgan fingerprint density at radius 2 is 1.88 bits per heavy atom. The number of carbonyl (C=O) groups is 2. The van der Waals surface area contributed by atoms with Gasteiger partial charge in [-0.2, -0.15) is 13.2 Å². The van der Waals surface area contributed by atoms with E-state index in [0.717, 1.165) is 41.9 Å². The summed E-state index contributed by atoms with van der Waals surface area (Å²) in [7, 11) is 0. The van der Waals surface area contributed by atoms with Crippen LogP contribution in [0.1, 0.15) is 49.7 Å². The highest BCUT2D eigenvalue weighted by atomic mass is 19.4. The maximum atomic E-state index is 13.0. The lowest BCUT2D eigenvalue weighted by molar-refractivity contribution is -0.137. The fourth-order valence-corrected chi connectivity index (χ4v) is 4.18. The zero-order valence-corrected chi connectivity index (χ0v) is 18.4. The topological polar surface area (TPSA) is 88.3 Å². The number of aryl methyl sites for hydroxylation is 1. The molecule has 34 heavy (non-hydrogen) atoms. The number of aromatic nitrogens is 1. The largest absolute Gasteiger partial charge is 0.416 e. The van der Waals surface area contributed by atoms with Crippen LogP contribution in [0.2, 0.25) is 0 Å². The highest BCUT2D eigenvalue weighted by Crippen LogP contribution is 2.34. The van der Waals surface area contributed by atoms with E-state index in [0.29, 0.717) is 17.7 Å². The quantitative estimate of drug-likeness (QED) is 0.566. The van der Waals surface area contributed by atoms with E-state index in [-0.39, 0.29) is 11.6 Å². The first kappa shape index (κ1) is 23.3. The number of carbonyl (C=O) groups excluding carboxylic acids is 2. The van der Waals surface area contributed by atoms with Gasteiger partial charge in [0.15, 0.2) is 0 Å². The van der Waals surface area contributed by atoms with E-state index >= 15 is 0 Å². The normalized spacial score (nSPS) is 15.9. The molecule has 0 spiro atoms. The average molecular weight is 468 g/mol. The Balaban J connectivity index is 1.51. The second-order valence-electron chi connectivity index (χ2n) is 8.33. The van der Waals surface area contributed by atoms with Gasteiger partial charge in [0.2, 0.25) is 5.91 Å². The van der Waals surface area contributed by atoms with Crippen molar-refractivity contribution in [3.8, 4) is 0 Å². The zero-order valence-electron chi connectivity index (χ0n) is 18.4. The van der Waals surface area contributed by atoms with Crippen molar-refractivity contribution in [2.45, 2.75) is 25.4 Å². The molecular weight excluding hydrogens is 445 g/mol. The van der Waals surface area contributed by atoms with Crippen LogP contribution in [0, 0.1) is 6.92 Å². The van der Waals surface area contributed by atoms with Crippen molar-refractivity contribution in [3.05, 3.63) is 88.7 Å². The summed E-state index contributed by atoms with van der Waals surface area (Å²) in [6, 6.07) is 11.6. The van der Waals surface area contributed by atoms with Crippen LogP contribution in [0.3, 0.4) is 0 Å². The standard InChI is InChI=1S/C25H23F3N4O2/c1-15-5-6-16(24(34)31-20-4-2-3-19(11-20)25(26,27)28)10-22(15)17-7-8-32(14-17)21-9-18(23(29)33)12-30-13-21/h2-6,9-13,17H,7-8,14H2,1H3,(H2,29,33)(H,31,34)/t17-/m1/s1. The molecule has 3 N–H and O–H groups in total. The number of amides is 2. The molecule has 4 rings (SSSR count). The number of benzene rings is 2. The van der Waals surface area contributed by atoms with Crippen molar-refractivity contribution in [2.24, 2.45) is 5.73 Å². The van der Waals surface area contributed by atoms with Gasteiger partial charge in [-0.25, -0.2) is 0 Å². The van der Waals surface area contributed by atoms with E-state index in [4.69, 9.17) is 5.73 Å². The molecule has 6 nitrogen and oxygen atoms in total. The molecule has 0 bridgehead atoms. The Bertz CT molecular complexity index is 1240. The summed E-state index contributed by atoms with van der Waals surface area (Å²) in [4.78, 5) is 30.5. The van der Waals surface area contributed by atoms with Crippen LogP contribution in [0.4, 0.5) is 24.5 Å². The maximum absolute atomic E-state index is 13.0. The lowest BCUT2D eigenvalue weighted by atomic mass is 9.92. The predicted molar refractivity (Wildman–Crippen MR) is 123 cm³/mol. The van der Waals surface area contributed by atoms with Gasteiger partial charge < -0.3 is 16.0 Å². The Morgan fingerprint density at radius 3 is 2.62 bits per heavy atom. The molecule has 0 unspecified atom stereocenters. The third-order valence-electron chi connectivity index (χ3n) is 5.99. The van der Waals surface area contributed by atoms with E-state index in [2.05, 4.69) is 15.2 Å². The lowest BCUT2D eigenvalue weighted by Crippen LogP contribution is -2.21. The summed E-state index contributed by atoms with van der Waals surface area (Å²) in [6.07, 6.45) is -0.546. The molecule has 2 aromatic carbocycles. The van der Waals surface area contributed by atoms with Crippen molar-refractivity contribution in [1.29, 1.82) is 0 Å². The monoisotopic (exact) mass is 468 g/mol. The highest BCUT2D eigenvalue weighted by molar-refractivity contribution is 6.04. The molecule has 2 amide bonds. The Kier molecular flexibility index (Phi) is 6.28. The molecule has 1 aliphatic heterocycles. The molecule has 3 aromatic rings. The minimum atomic E-state index is -4.49. The van der Waals surface area contributed by atoms with Crippen LogP contribution < -0.4 is 16.0 Å². The number of nitrogens with one attached hydrogen (secondary N) is 1. The summed E-state index contributed by atoms with van der Waals surface area (Å²) in [6.45, 7) is 3.37. The number of hydrogen-bond acceptors (Lipinski definition) is 4. The molecule has 176 valence electrons. The van der Waals surface area contributed by atoms with Gasteiger partial charge in [-0.3, -0.25) is 14.6 Å². The Hall–Kier alpha value is -3.88. The number of pyridine rings is 1. The molecule has 9 heteroatoms. The molecule has 1 aliphatic rings. The first-order chi connectivity index (χ1) is 16.1. The van der Waals surface area contributed by atoms with Gasteiger partial charge in [0.1, 0.15) is 0 Å². The van der Waals surface area contributed by atoms with Gasteiger partial charge in [-0.05, 0) is 60.9 Å². The van der Waals surface area contributed by atoms with E-state index in [1.165, 1.54) is 18.3 Å². The van der Waals surface area contributed by atoms with E-state index in [1.807, 2.05) is 13.0 Å². The van der Waals surface area contributed by atoms with Gasteiger partial charge in [0, 0.05) is 36.5 Å².